The molecule has 4 heteroatoms. The fraction of sp³-hybridized carbons (Fsp3) is 0.625. The molecule has 0 radical (unpaired) electrons. The van der Waals surface area contributed by atoms with E-state index in [0.29, 0.717) is 11.5 Å². The number of aliphatic hydroxyl groups excluding tert-OH is 1. The van der Waals surface area contributed by atoms with E-state index in [1.54, 1.807) is 14.2 Å². The monoisotopic (exact) mass is 279 g/mol. The third kappa shape index (κ3) is 2.91. The maximum Gasteiger partial charge on any atom is 0.122 e. The molecule has 1 unspecified atom stereocenters. The molecule has 0 saturated carbocycles. The van der Waals surface area contributed by atoms with Crippen molar-refractivity contribution in [1.29, 1.82) is 0 Å². The summed E-state index contributed by atoms with van der Waals surface area (Å²) < 4.78 is 10.6. The second-order valence-electron chi connectivity index (χ2n) is 5.90. The summed E-state index contributed by atoms with van der Waals surface area (Å²) in [5.74, 6) is 1.41. The smallest absolute Gasteiger partial charge is 0.122 e. The van der Waals surface area contributed by atoms with Crippen LogP contribution in [0.4, 0.5) is 0 Å². The summed E-state index contributed by atoms with van der Waals surface area (Å²) in [6.45, 7) is 6.28. The van der Waals surface area contributed by atoms with Crippen LogP contribution < -0.4 is 9.47 Å². The standard InChI is InChI=1S/C16H25NO3/c1-16(2,17-7-5-6-8-17)15(18)12-9-13(19-3)11-14(10-12)20-4/h9-11,15,18H,5-8H2,1-4H3. The molecule has 1 saturated heterocycles. The Morgan fingerprint density at radius 2 is 1.55 bits per heavy atom. The van der Waals surface area contributed by atoms with Gasteiger partial charge in [0, 0.05) is 11.6 Å². The number of aliphatic hydroxyl groups is 1. The molecule has 0 aromatic heterocycles. The Bertz CT molecular complexity index is 431. The lowest BCUT2D eigenvalue weighted by molar-refractivity contribution is 0.00113. The van der Waals surface area contributed by atoms with Crippen molar-refractivity contribution in [2.45, 2.75) is 38.3 Å². The van der Waals surface area contributed by atoms with Crippen LogP contribution in [-0.4, -0.2) is 42.9 Å². The summed E-state index contributed by atoms with van der Waals surface area (Å²) in [6, 6.07) is 5.58. The van der Waals surface area contributed by atoms with Gasteiger partial charge in [0.1, 0.15) is 11.5 Å². The number of rotatable bonds is 5. The Kier molecular flexibility index (Phi) is 4.55. The van der Waals surface area contributed by atoms with E-state index >= 15 is 0 Å². The molecule has 1 aromatic carbocycles. The molecule has 112 valence electrons. The summed E-state index contributed by atoms with van der Waals surface area (Å²) in [4.78, 5) is 2.35. The van der Waals surface area contributed by atoms with E-state index in [1.807, 2.05) is 18.2 Å². The van der Waals surface area contributed by atoms with E-state index in [0.717, 1.165) is 18.7 Å². The van der Waals surface area contributed by atoms with E-state index in [9.17, 15) is 5.11 Å². The summed E-state index contributed by atoms with van der Waals surface area (Å²) in [7, 11) is 3.24. The molecule has 20 heavy (non-hydrogen) atoms. The maximum atomic E-state index is 10.8. The van der Waals surface area contributed by atoms with Crippen molar-refractivity contribution in [3.63, 3.8) is 0 Å². The van der Waals surface area contributed by atoms with E-state index < -0.39 is 6.10 Å². The average Bonchev–Trinajstić information content (AvgIpc) is 3.00. The van der Waals surface area contributed by atoms with Gasteiger partial charge in [-0.15, -0.1) is 0 Å². The first-order valence-electron chi connectivity index (χ1n) is 7.15. The van der Waals surface area contributed by atoms with E-state index in [-0.39, 0.29) is 5.54 Å². The average molecular weight is 279 g/mol. The first-order chi connectivity index (χ1) is 9.48. The van der Waals surface area contributed by atoms with Gasteiger partial charge in [0.25, 0.3) is 0 Å². The normalized spacial score (nSPS) is 18.1. The van der Waals surface area contributed by atoms with Crippen LogP contribution in [0.3, 0.4) is 0 Å². The van der Waals surface area contributed by atoms with E-state index in [1.165, 1.54) is 12.8 Å². The van der Waals surface area contributed by atoms with Gasteiger partial charge in [-0.3, -0.25) is 4.90 Å². The fourth-order valence-corrected chi connectivity index (χ4v) is 2.86. The van der Waals surface area contributed by atoms with Gasteiger partial charge in [-0.25, -0.2) is 0 Å². The first kappa shape index (κ1) is 15.1. The zero-order valence-electron chi connectivity index (χ0n) is 12.8. The minimum Gasteiger partial charge on any atom is -0.497 e. The van der Waals surface area contributed by atoms with Crippen molar-refractivity contribution < 1.29 is 14.6 Å². The van der Waals surface area contributed by atoms with Crippen LogP contribution in [0.5, 0.6) is 11.5 Å². The Morgan fingerprint density at radius 3 is 2.00 bits per heavy atom. The summed E-state index contributed by atoms with van der Waals surface area (Å²) in [6.07, 6.45) is 1.83. The molecular weight excluding hydrogens is 254 g/mol. The van der Waals surface area contributed by atoms with Crippen LogP contribution in [0, 0.1) is 0 Å². The van der Waals surface area contributed by atoms with Crippen molar-refractivity contribution in [3.05, 3.63) is 23.8 Å². The van der Waals surface area contributed by atoms with Gasteiger partial charge < -0.3 is 14.6 Å². The molecule has 1 aliphatic rings. The highest BCUT2D eigenvalue weighted by Gasteiger charge is 2.36. The van der Waals surface area contributed by atoms with Crippen molar-refractivity contribution in [3.8, 4) is 11.5 Å². The van der Waals surface area contributed by atoms with Crippen LogP contribution in [0.1, 0.15) is 38.4 Å². The Hall–Kier alpha value is -1.26. The molecule has 1 N–H and O–H groups in total. The zero-order chi connectivity index (χ0) is 14.8. The number of benzene rings is 1. The minimum atomic E-state index is -0.579. The van der Waals surface area contributed by atoms with Gasteiger partial charge in [0.2, 0.25) is 0 Å². The molecule has 0 amide bonds. The number of hydrogen-bond acceptors (Lipinski definition) is 4. The Morgan fingerprint density at radius 1 is 1.05 bits per heavy atom. The number of methoxy groups -OCH3 is 2. The van der Waals surface area contributed by atoms with E-state index in [2.05, 4.69) is 18.7 Å². The molecule has 1 aromatic rings. The van der Waals surface area contributed by atoms with Crippen LogP contribution in [0.2, 0.25) is 0 Å². The molecule has 1 heterocycles. The quantitative estimate of drug-likeness (QED) is 0.899. The van der Waals surface area contributed by atoms with Gasteiger partial charge in [0.05, 0.1) is 20.3 Å². The van der Waals surface area contributed by atoms with Crippen molar-refractivity contribution >= 4 is 0 Å². The van der Waals surface area contributed by atoms with Gasteiger partial charge >= 0.3 is 0 Å². The Balaban J connectivity index is 2.29. The molecule has 0 spiro atoms. The molecular formula is C16H25NO3. The second-order valence-corrected chi connectivity index (χ2v) is 5.90. The molecule has 4 nitrogen and oxygen atoms in total. The highest BCUT2D eigenvalue weighted by Crippen LogP contribution is 2.36. The van der Waals surface area contributed by atoms with Gasteiger partial charge in [-0.2, -0.15) is 0 Å². The van der Waals surface area contributed by atoms with Crippen molar-refractivity contribution in [2.24, 2.45) is 0 Å². The molecule has 0 bridgehead atoms. The maximum absolute atomic E-state index is 10.8. The van der Waals surface area contributed by atoms with Gasteiger partial charge in [0.15, 0.2) is 0 Å². The van der Waals surface area contributed by atoms with Crippen LogP contribution in [0.25, 0.3) is 0 Å². The third-order valence-electron chi connectivity index (χ3n) is 4.28. The predicted molar refractivity (Wildman–Crippen MR) is 79.4 cm³/mol. The number of nitrogens with zero attached hydrogens (tertiary/aromatic N) is 1. The lowest BCUT2D eigenvalue weighted by Crippen LogP contribution is -2.46. The summed E-state index contributed by atoms with van der Waals surface area (Å²) in [5.41, 5.74) is 0.534. The Labute approximate surface area is 121 Å². The highest BCUT2D eigenvalue weighted by molar-refractivity contribution is 5.40. The number of ether oxygens (including phenoxy) is 2. The molecule has 1 fully saturated rings. The van der Waals surface area contributed by atoms with Crippen molar-refractivity contribution in [2.75, 3.05) is 27.3 Å². The first-order valence-corrected chi connectivity index (χ1v) is 7.15. The highest BCUT2D eigenvalue weighted by atomic mass is 16.5. The van der Waals surface area contributed by atoms with Crippen LogP contribution >= 0.6 is 0 Å². The number of likely N-dealkylation sites (tertiary alicyclic amines) is 1. The molecule has 0 aliphatic carbocycles. The predicted octanol–water partition coefficient (Wildman–Crippen LogP) is 2.61. The zero-order valence-corrected chi connectivity index (χ0v) is 12.8. The van der Waals surface area contributed by atoms with Crippen LogP contribution in [0.15, 0.2) is 18.2 Å². The molecule has 1 aliphatic heterocycles. The SMILES string of the molecule is COc1cc(OC)cc(C(O)C(C)(C)N2CCCC2)c1. The summed E-state index contributed by atoms with van der Waals surface area (Å²) >= 11 is 0. The van der Waals surface area contributed by atoms with Crippen molar-refractivity contribution in [1.82, 2.24) is 4.90 Å². The summed E-state index contributed by atoms with van der Waals surface area (Å²) in [5, 5.41) is 10.8. The fourth-order valence-electron chi connectivity index (χ4n) is 2.86. The largest absolute Gasteiger partial charge is 0.497 e. The third-order valence-corrected chi connectivity index (χ3v) is 4.28. The topological polar surface area (TPSA) is 41.9 Å². The van der Waals surface area contributed by atoms with Gasteiger partial charge in [-0.1, -0.05) is 0 Å². The minimum absolute atomic E-state index is 0.298. The second kappa shape index (κ2) is 6.02. The lowest BCUT2D eigenvalue weighted by atomic mass is 9.89. The lowest BCUT2D eigenvalue weighted by Gasteiger charge is -2.39. The number of hydrogen-bond donors (Lipinski definition) is 1. The van der Waals surface area contributed by atoms with E-state index in [4.69, 9.17) is 9.47 Å². The molecule has 2 rings (SSSR count). The van der Waals surface area contributed by atoms with Gasteiger partial charge in [-0.05, 0) is 57.5 Å². The van der Waals surface area contributed by atoms with Crippen LogP contribution in [-0.2, 0) is 0 Å². The molecule has 1 atom stereocenters.